The predicted octanol–water partition coefficient (Wildman–Crippen LogP) is 5.58. The molecule has 1 aromatic carbocycles. The molecule has 0 fully saturated rings. The molecule has 12 nitrogen and oxygen atoms in total. The molecule has 0 saturated carbocycles. The van der Waals surface area contributed by atoms with Gasteiger partial charge in [0.25, 0.3) is 5.91 Å². The summed E-state index contributed by atoms with van der Waals surface area (Å²) < 4.78 is 5.72. The number of carboxylic acids is 1. The van der Waals surface area contributed by atoms with Crippen LogP contribution in [0, 0.1) is 17.8 Å². The predicted molar refractivity (Wildman–Crippen MR) is 190 cm³/mol. The van der Waals surface area contributed by atoms with E-state index in [0.717, 1.165) is 5.56 Å². The van der Waals surface area contributed by atoms with Crippen LogP contribution in [0.5, 0.6) is 0 Å². The van der Waals surface area contributed by atoms with Gasteiger partial charge in [-0.25, -0.2) is 9.78 Å². The summed E-state index contributed by atoms with van der Waals surface area (Å²) in [6, 6.07) is 7.41. The van der Waals surface area contributed by atoms with Crippen molar-refractivity contribution in [3.63, 3.8) is 0 Å². The van der Waals surface area contributed by atoms with Gasteiger partial charge in [0.05, 0.1) is 5.92 Å². The number of nitrogens with zero attached hydrogens (tertiary/aromatic N) is 2. The molecule has 2 rings (SSSR count). The Kier molecular flexibility index (Phi) is 15.7. The van der Waals surface area contributed by atoms with Crippen LogP contribution in [0.1, 0.15) is 109 Å². The summed E-state index contributed by atoms with van der Waals surface area (Å²) in [5, 5.41) is 20.2. The zero-order valence-electron chi connectivity index (χ0n) is 30.5. The molecule has 1 aromatic heterocycles. The molecule has 0 spiro atoms. The molecule has 6 atom stereocenters. The summed E-state index contributed by atoms with van der Waals surface area (Å²) in [6.45, 7) is 16.3. The number of amides is 4. The molecular weight excluding hydrogens is 646 g/mol. The van der Waals surface area contributed by atoms with Crippen molar-refractivity contribution < 1.29 is 33.8 Å². The number of aromatic nitrogens is 1. The van der Waals surface area contributed by atoms with Crippen molar-refractivity contribution >= 4 is 41.1 Å². The molecule has 1 heterocycles. The van der Waals surface area contributed by atoms with Crippen LogP contribution in [-0.2, 0) is 25.5 Å². The third-order valence-corrected chi connectivity index (χ3v) is 9.32. The molecule has 0 aliphatic heterocycles. The van der Waals surface area contributed by atoms with E-state index in [-0.39, 0.29) is 36.3 Å². The van der Waals surface area contributed by atoms with Gasteiger partial charge in [-0.1, -0.05) is 71.4 Å². The van der Waals surface area contributed by atoms with Gasteiger partial charge in [0.1, 0.15) is 16.7 Å². The van der Waals surface area contributed by atoms with Crippen LogP contribution in [0.25, 0.3) is 0 Å². The summed E-state index contributed by atoms with van der Waals surface area (Å²) in [4.78, 5) is 70.2. The van der Waals surface area contributed by atoms with E-state index in [9.17, 15) is 29.1 Å². The van der Waals surface area contributed by atoms with Crippen molar-refractivity contribution in [1.29, 1.82) is 0 Å². The Balaban J connectivity index is 2.31. The summed E-state index contributed by atoms with van der Waals surface area (Å²) in [6.07, 6.45) is 0.691. The Morgan fingerprint density at radius 2 is 1.63 bits per heavy atom. The Labute approximate surface area is 294 Å². The first kappa shape index (κ1) is 41.2. The number of likely N-dealkylation sites (N-methyl/N-ethyl adjacent to an activating group) is 1. The highest BCUT2D eigenvalue weighted by Crippen LogP contribution is 2.31. The lowest BCUT2D eigenvalue weighted by Crippen LogP contribution is -2.57. The van der Waals surface area contributed by atoms with Crippen molar-refractivity contribution in [3.05, 3.63) is 52.0 Å². The van der Waals surface area contributed by atoms with E-state index >= 15 is 0 Å². The Morgan fingerprint density at radius 3 is 2.16 bits per heavy atom. The monoisotopic (exact) mass is 701 g/mol. The number of hydrogen-bond acceptors (Lipinski definition) is 8. The first-order valence-corrected chi connectivity index (χ1v) is 17.8. The Morgan fingerprint density at radius 1 is 1.00 bits per heavy atom. The molecule has 0 aliphatic rings. The van der Waals surface area contributed by atoms with Crippen LogP contribution in [0.2, 0.25) is 0 Å². The van der Waals surface area contributed by atoms with E-state index in [1.165, 1.54) is 18.3 Å². The Bertz CT molecular complexity index is 1410. The second-order valence-electron chi connectivity index (χ2n) is 14.2. The molecule has 272 valence electrons. The fourth-order valence-corrected chi connectivity index (χ4v) is 6.34. The minimum atomic E-state index is -0.949. The molecule has 4 amide bonds. The zero-order chi connectivity index (χ0) is 37.1. The minimum Gasteiger partial charge on any atom is -0.481 e. The first-order chi connectivity index (χ1) is 22.8. The number of carbonyl (C=O) groups excluding carboxylic acids is 4. The first-order valence-electron chi connectivity index (χ1n) is 16.9. The van der Waals surface area contributed by atoms with Crippen LogP contribution in [0.15, 0.2) is 35.7 Å². The van der Waals surface area contributed by atoms with Gasteiger partial charge >= 0.3 is 18.0 Å². The molecule has 2 aromatic rings. The maximum atomic E-state index is 13.9. The number of hydrogen-bond donors (Lipinski definition) is 4. The zero-order valence-corrected chi connectivity index (χ0v) is 31.3. The summed E-state index contributed by atoms with van der Waals surface area (Å²) in [7, 11) is 1.68. The van der Waals surface area contributed by atoms with Gasteiger partial charge in [-0.15, -0.1) is 11.3 Å². The van der Waals surface area contributed by atoms with Gasteiger partial charge in [0.2, 0.25) is 5.91 Å². The third kappa shape index (κ3) is 13.4. The van der Waals surface area contributed by atoms with Gasteiger partial charge in [-0.3, -0.25) is 19.2 Å². The number of urea groups is 1. The highest BCUT2D eigenvalue weighted by molar-refractivity contribution is 7.09. The minimum absolute atomic E-state index is 0.0642. The van der Waals surface area contributed by atoms with Crippen LogP contribution in [0.4, 0.5) is 4.79 Å². The fourth-order valence-electron chi connectivity index (χ4n) is 5.50. The van der Waals surface area contributed by atoms with E-state index in [2.05, 4.69) is 20.9 Å². The molecule has 0 aliphatic carbocycles. The SMILES string of the molecule is CC[C@H](C)[C@H](NC(=O)NC(C)(C)C)C(=O)N(C)[C@H](CC(OC(C)=O)c1nc(C(=O)N[C@@H](Cc2ccccc2)C[C@H](C)C(=O)O)cs1)C(C)C. The second kappa shape index (κ2) is 18.7. The average molecular weight is 702 g/mol. The summed E-state index contributed by atoms with van der Waals surface area (Å²) >= 11 is 1.17. The fraction of sp³-hybridized carbons (Fsp3) is 0.611. The number of rotatable bonds is 17. The standard InChI is InChI=1S/C36H55N5O7S/c1-11-22(4)30(39-35(47)40-36(7,8)9)33(44)41(10)28(21(2)3)19-29(48-24(6)42)32-38-27(20-49-32)31(43)37-26(17-23(5)34(45)46)18-25-15-13-12-14-16-25/h12-16,20-23,26,28-30H,11,17-19H2,1-10H3,(H,37,43)(H,45,46)(H2,39,40,47)/t22-,23-,26+,28+,29?,30-/m0/s1. The number of benzene rings is 1. The molecular formula is C36H55N5O7S. The highest BCUT2D eigenvalue weighted by atomic mass is 32.1. The molecule has 1 unspecified atom stereocenters. The van der Waals surface area contributed by atoms with E-state index < -0.39 is 59.6 Å². The molecule has 0 radical (unpaired) electrons. The van der Waals surface area contributed by atoms with Gasteiger partial charge in [-0.05, 0) is 51.0 Å². The summed E-state index contributed by atoms with van der Waals surface area (Å²) in [5.74, 6) is -3.11. The number of thiazole rings is 1. The lowest BCUT2D eigenvalue weighted by atomic mass is 9.93. The highest BCUT2D eigenvalue weighted by Gasteiger charge is 2.36. The van der Waals surface area contributed by atoms with Gasteiger partial charge in [0, 0.05) is 43.4 Å². The van der Waals surface area contributed by atoms with Crippen molar-refractivity contribution in [2.45, 2.75) is 118 Å². The lowest BCUT2D eigenvalue weighted by Gasteiger charge is -2.37. The van der Waals surface area contributed by atoms with E-state index in [4.69, 9.17) is 4.74 Å². The van der Waals surface area contributed by atoms with Crippen molar-refractivity contribution in [2.24, 2.45) is 17.8 Å². The normalized spacial score (nSPS) is 15.2. The molecule has 4 N–H and O–H groups in total. The van der Waals surface area contributed by atoms with E-state index in [1.807, 2.05) is 78.8 Å². The smallest absolute Gasteiger partial charge is 0.315 e. The number of esters is 1. The molecule has 0 saturated heterocycles. The molecule has 49 heavy (non-hydrogen) atoms. The van der Waals surface area contributed by atoms with Crippen LogP contribution in [0.3, 0.4) is 0 Å². The third-order valence-electron chi connectivity index (χ3n) is 8.38. The van der Waals surface area contributed by atoms with Crippen molar-refractivity contribution in [3.8, 4) is 0 Å². The lowest BCUT2D eigenvalue weighted by molar-refractivity contribution is -0.148. The number of aliphatic carboxylic acids is 1. The van der Waals surface area contributed by atoms with E-state index in [0.29, 0.717) is 17.8 Å². The van der Waals surface area contributed by atoms with Crippen LogP contribution >= 0.6 is 11.3 Å². The van der Waals surface area contributed by atoms with Crippen molar-refractivity contribution in [2.75, 3.05) is 7.05 Å². The molecule has 0 bridgehead atoms. The number of carbonyl (C=O) groups is 5. The van der Waals surface area contributed by atoms with E-state index in [1.54, 1.807) is 24.3 Å². The number of carboxylic acid groups (broad SMARTS) is 1. The van der Waals surface area contributed by atoms with Gasteiger partial charge in [-0.2, -0.15) is 0 Å². The van der Waals surface area contributed by atoms with Crippen molar-refractivity contribution in [1.82, 2.24) is 25.8 Å². The largest absolute Gasteiger partial charge is 0.481 e. The van der Waals surface area contributed by atoms with Gasteiger partial charge < -0.3 is 30.7 Å². The quantitative estimate of drug-likeness (QED) is 0.155. The Hall–Kier alpha value is -4.00. The van der Waals surface area contributed by atoms with Gasteiger partial charge in [0.15, 0.2) is 6.10 Å². The maximum absolute atomic E-state index is 13.9. The second-order valence-corrected chi connectivity index (χ2v) is 15.1. The van der Waals surface area contributed by atoms with Crippen LogP contribution in [-0.4, -0.2) is 75.5 Å². The van der Waals surface area contributed by atoms with Crippen LogP contribution < -0.4 is 16.0 Å². The molecule has 13 heteroatoms. The number of ether oxygens (including phenoxy) is 1. The number of nitrogens with one attached hydrogen (secondary N) is 3. The average Bonchev–Trinajstić information content (AvgIpc) is 3.50. The summed E-state index contributed by atoms with van der Waals surface area (Å²) in [5.41, 5.74) is 0.591. The maximum Gasteiger partial charge on any atom is 0.315 e. The topological polar surface area (TPSA) is 167 Å².